The van der Waals surface area contributed by atoms with Crippen molar-refractivity contribution < 1.29 is 28.7 Å². The molecule has 30 heavy (non-hydrogen) atoms. The maximum absolute atomic E-state index is 12.7. The van der Waals surface area contributed by atoms with Gasteiger partial charge in [-0.3, -0.25) is 19.2 Å². The number of esters is 1. The third-order valence-electron chi connectivity index (χ3n) is 3.86. The Labute approximate surface area is 173 Å². The molecule has 0 saturated carbocycles. The highest BCUT2D eigenvalue weighted by molar-refractivity contribution is 6.08. The molecule has 2 rings (SSSR count). The van der Waals surface area contributed by atoms with Crippen molar-refractivity contribution in [3.63, 3.8) is 0 Å². The number of nitrogens with one attached hydrogen (secondary N) is 2. The van der Waals surface area contributed by atoms with E-state index >= 15 is 0 Å². The van der Waals surface area contributed by atoms with Crippen molar-refractivity contribution in [2.75, 3.05) is 12.4 Å². The zero-order chi connectivity index (χ0) is 22.3. The van der Waals surface area contributed by atoms with Gasteiger partial charge in [-0.05, 0) is 55.0 Å². The number of Topliss-reactive ketones (excluding diaryl/α,β-unsaturated/α-hetero) is 1. The predicted octanol–water partition coefficient (Wildman–Crippen LogP) is 2.94. The quantitative estimate of drug-likeness (QED) is 0.314. The summed E-state index contributed by atoms with van der Waals surface area (Å²) < 4.78 is 10.3. The monoisotopic (exact) mass is 410 g/mol. The highest BCUT2D eigenvalue weighted by Gasteiger charge is 2.14. The number of ether oxygens (including phenoxy) is 2. The first-order valence-electron chi connectivity index (χ1n) is 8.97. The van der Waals surface area contributed by atoms with E-state index in [4.69, 9.17) is 9.47 Å². The molecular weight excluding hydrogens is 388 g/mol. The Bertz CT molecular complexity index is 1010. The molecule has 2 N–H and O–H groups in total. The summed E-state index contributed by atoms with van der Waals surface area (Å²) >= 11 is 0. The van der Waals surface area contributed by atoms with Gasteiger partial charge in [-0.25, -0.2) is 0 Å². The normalized spacial score (nSPS) is 10.7. The summed E-state index contributed by atoms with van der Waals surface area (Å²) in [5.74, 6) is -1.03. The average molecular weight is 410 g/mol. The summed E-state index contributed by atoms with van der Waals surface area (Å²) in [6, 6.07) is 11.1. The first-order chi connectivity index (χ1) is 14.2. The van der Waals surface area contributed by atoms with Crippen molar-refractivity contribution in [2.45, 2.75) is 20.8 Å². The lowest BCUT2D eigenvalue weighted by Crippen LogP contribution is -2.28. The van der Waals surface area contributed by atoms with Crippen LogP contribution in [-0.2, 0) is 14.4 Å². The summed E-state index contributed by atoms with van der Waals surface area (Å²) in [6.07, 6.45) is 1.46. The van der Waals surface area contributed by atoms with Crippen LogP contribution in [0.25, 0.3) is 6.08 Å². The molecule has 0 bridgehead atoms. The molecular formula is C22H22N2O6. The van der Waals surface area contributed by atoms with Crippen molar-refractivity contribution in [2.24, 2.45) is 0 Å². The summed E-state index contributed by atoms with van der Waals surface area (Å²) in [5.41, 5.74) is 1.52. The second-order valence-corrected chi connectivity index (χ2v) is 6.33. The minimum Gasteiger partial charge on any atom is -0.493 e. The molecule has 0 aliphatic rings. The van der Waals surface area contributed by atoms with Crippen LogP contribution in [0.5, 0.6) is 11.5 Å². The maximum Gasteiger partial charge on any atom is 0.308 e. The Hall–Kier alpha value is -3.94. The van der Waals surface area contributed by atoms with Crippen LogP contribution >= 0.6 is 0 Å². The van der Waals surface area contributed by atoms with Crippen LogP contribution in [0.3, 0.4) is 0 Å². The Morgan fingerprint density at radius 3 is 2.10 bits per heavy atom. The lowest BCUT2D eigenvalue weighted by Gasteiger charge is -2.12. The fraction of sp³-hybridized carbons (Fsp3) is 0.182. The molecule has 0 atom stereocenters. The highest BCUT2D eigenvalue weighted by Crippen LogP contribution is 2.29. The first kappa shape index (κ1) is 22.4. The molecule has 0 radical (unpaired) electrons. The number of hydrogen-bond acceptors (Lipinski definition) is 6. The molecule has 2 aromatic carbocycles. The molecule has 8 heteroatoms. The number of anilines is 1. The summed E-state index contributed by atoms with van der Waals surface area (Å²) in [5, 5.41) is 5.16. The van der Waals surface area contributed by atoms with E-state index in [0.717, 1.165) is 0 Å². The van der Waals surface area contributed by atoms with Gasteiger partial charge in [0.15, 0.2) is 17.3 Å². The van der Waals surface area contributed by atoms with Gasteiger partial charge in [-0.2, -0.15) is 0 Å². The zero-order valence-electron chi connectivity index (χ0n) is 17.1. The van der Waals surface area contributed by atoms with Crippen LogP contribution in [0.4, 0.5) is 5.69 Å². The smallest absolute Gasteiger partial charge is 0.308 e. The van der Waals surface area contributed by atoms with Crippen molar-refractivity contribution >= 4 is 35.3 Å². The number of methoxy groups -OCH3 is 1. The lowest BCUT2D eigenvalue weighted by molar-refractivity contribution is -0.132. The van der Waals surface area contributed by atoms with Gasteiger partial charge < -0.3 is 20.1 Å². The molecule has 8 nitrogen and oxygen atoms in total. The van der Waals surface area contributed by atoms with Gasteiger partial charge >= 0.3 is 5.97 Å². The van der Waals surface area contributed by atoms with Crippen LogP contribution < -0.4 is 20.1 Å². The Balaban J connectivity index is 2.30. The van der Waals surface area contributed by atoms with E-state index < -0.39 is 17.8 Å². The van der Waals surface area contributed by atoms with Crippen molar-refractivity contribution in [1.82, 2.24) is 5.32 Å². The Morgan fingerprint density at radius 2 is 1.57 bits per heavy atom. The Morgan fingerprint density at radius 1 is 0.900 bits per heavy atom. The molecule has 0 unspecified atom stereocenters. The average Bonchev–Trinajstić information content (AvgIpc) is 2.68. The number of hydrogen-bond donors (Lipinski definition) is 2. The molecule has 2 amide bonds. The van der Waals surface area contributed by atoms with Gasteiger partial charge in [0, 0.05) is 25.1 Å². The third kappa shape index (κ3) is 6.30. The number of carbonyl (C=O) groups excluding carboxylic acids is 4. The SMILES string of the molecule is COc1cc(C=C(NC(C)=O)C(=O)Nc2ccc(C(C)=O)cc2)ccc1OC(C)=O. The van der Waals surface area contributed by atoms with E-state index in [1.807, 2.05) is 0 Å². The van der Waals surface area contributed by atoms with Gasteiger partial charge in [0.05, 0.1) is 7.11 Å². The molecule has 0 aliphatic carbocycles. The molecule has 0 aliphatic heterocycles. The Kier molecular flexibility index (Phi) is 7.46. The lowest BCUT2D eigenvalue weighted by atomic mass is 10.1. The van der Waals surface area contributed by atoms with Gasteiger partial charge in [-0.15, -0.1) is 0 Å². The van der Waals surface area contributed by atoms with Crippen LogP contribution in [0.15, 0.2) is 48.2 Å². The minimum absolute atomic E-state index is 0.000402. The van der Waals surface area contributed by atoms with Gasteiger partial charge in [-0.1, -0.05) is 6.07 Å². The summed E-state index contributed by atoms with van der Waals surface area (Å²) in [6.45, 7) is 4.01. The van der Waals surface area contributed by atoms with Crippen LogP contribution in [0.1, 0.15) is 36.7 Å². The molecule has 0 spiro atoms. The van der Waals surface area contributed by atoms with E-state index in [1.165, 1.54) is 40.0 Å². The van der Waals surface area contributed by atoms with Crippen molar-refractivity contribution in [3.8, 4) is 11.5 Å². The fourth-order valence-corrected chi connectivity index (χ4v) is 2.51. The third-order valence-corrected chi connectivity index (χ3v) is 3.86. The van der Waals surface area contributed by atoms with E-state index in [0.29, 0.717) is 22.6 Å². The molecule has 0 heterocycles. The molecule has 0 saturated heterocycles. The van der Waals surface area contributed by atoms with E-state index in [2.05, 4.69) is 10.6 Å². The topological polar surface area (TPSA) is 111 Å². The largest absolute Gasteiger partial charge is 0.493 e. The second kappa shape index (κ2) is 10.0. The fourth-order valence-electron chi connectivity index (χ4n) is 2.51. The van der Waals surface area contributed by atoms with Crippen molar-refractivity contribution in [1.29, 1.82) is 0 Å². The predicted molar refractivity (Wildman–Crippen MR) is 111 cm³/mol. The number of amides is 2. The van der Waals surface area contributed by atoms with Gasteiger partial charge in [0.25, 0.3) is 5.91 Å². The molecule has 0 aromatic heterocycles. The first-order valence-corrected chi connectivity index (χ1v) is 8.97. The minimum atomic E-state index is -0.552. The van der Waals surface area contributed by atoms with E-state index in [-0.39, 0.29) is 17.2 Å². The maximum atomic E-state index is 12.7. The number of benzene rings is 2. The van der Waals surface area contributed by atoms with Gasteiger partial charge in [0.2, 0.25) is 5.91 Å². The van der Waals surface area contributed by atoms with Crippen LogP contribution in [0, 0.1) is 0 Å². The van der Waals surface area contributed by atoms with E-state index in [9.17, 15) is 19.2 Å². The van der Waals surface area contributed by atoms with Crippen molar-refractivity contribution in [3.05, 3.63) is 59.3 Å². The molecule has 0 fully saturated rings. The molecule has 2 aromatic rings. The number of rotatable bonds is 7. The zero-order valence-corrected chi connectivity index (χ0v) is 17.1. The van der Waals surface area contributed by atoms with Crippen LogP contribution in [-0.4, -0.2) is 30.7 Å². The standard InChI is InChI=1S/C22H22N2O6/c1-13(25)17-6-8-18(9-7-17)24-22(28)19(23-14(2)26)11-16-5-10-20(30-15(3)27)21(12-16)29-4/h5-12H,1-4H3,(H,23,26)(H,24,28). The number of ketones is 1. The van der Waals surface area contributed by atoms with Crippen LogP contribution in [0.2, 0.25) is 0 Å². The second-order valence-electron chi connectivity index (χ2n) is 6.33. The molecule has 156 valence electrons. The summed E-state index contributed by atoms with van der Waals surface area (Å²) in [4.78, 5) is 46.8. The van der Waals surface area contributed by atoms with E-state index in [1.54, 1.807) is 36.4 Å². The number of carbonyl (C=O) groups is 4. The van der Waals surface area contributed by atoms with Gasteiger partial charge in [0.1, 0.15) is 5.70 Å². The highest BCUT2D eigenvalue weighted by atomic mass is 16.6. The summed E-state index contributed by atoms with van der Waals surface area (Å²) in [7, 11) is 1.42.